The molecule has 2 N–H and O–H groups in total. The Balaban J connectivity index is 2.29. The molecular weight excluding hydrogens is 266 g/mol. The summed E-state index contributed by atoms with van der Waals surface area (Å²) in [5, 5.41) is 1.18. The van der Waals surface area contributed by atoms with Crippen molar-refractivity contribution in [1.82, 2.24) is 9.88 Å². The molecule has 0 spiro atoms. The molecule has 108 valence electrons. The number of hydrogen-bond acceptors (Lipinski definition) is 4. The van der Waals surface area contributed by atoms with E-state index in [0.717, 1.165) is 11.3 Å². The largest absolute Gasteiger partial charge is 0.329 e. The molecule has 0 bridgehead atoms. The molecule has 0 aliphatic heterocycles. The number of likely N-dealkylation sites (N-methyl/N-ethyl adjacent to an activating group) is 1. The van der Waals surface area contributed by atoms with Gasteiger partial charge >= 0.3 is 0 Å². The number of pyridine rings is 1. The van der Waals surface area contributed by atoms with Gasteiger partial charge in [-0.1, -0.05) is 12.1 Å². The highest BCUT2D eigenvalue weighted by Gasteiger charge is 2.20. The smallest absolute Gasteiger partial charge is 0.0702 e. The van der Waals surface area contributed by atoms with E-state index < -0.39 is 0 Å². The summed E-state index contributed by atoms with van der Waals surface area (Å²) in [5.41, 5.74) is 8.32. The summed E-state index contributed by atoms with van der Waals surface area (Å²) in [6.07, 6.45) is 3.97. The molecule has 0 amide bonds. The van der Waals surface area contributed by atoms with Gasteiger partial charge in [-0.15, -0.1) is 0 Å². The van der Waals surface area contributed by atoms with Crippen LogP contribution in [0.1, 0.15) is 18.5 Å². The number of hydrogen-bond donors (Lipinski definition) is 1. The second-order valence-electron chi connectivity index (χ2n) is 5.18. The molecule has 2 atom stereocenters. The molecule has 0 aliphatic rings. The first-order valence-electron chi connectivity index (χ1n) is 6.93. The predicted molar refractivity (Wildman–Crippen MR) is 89.1 cm³/mol. The van der Waals surface area contributed by atoms with Crippen molar-refractivity contribution in [2.75, 3.05) is 25.6 Å². The Morgan fingerprint density at radius 1 is 1.35 bits per heavy atom. The number of nitrogens with two attached hydrogens (primary N) is 1. The summed E-state index contributed by atoms with van der Waals surface area (Å²) in [6, 6.07) is 11.3. The maximum Gasteiger partial charge on any atom is 0.0702 e. The zero-order valence-corrected chi connectivity index (χ0v) is 13.2. The summed E-state index contributed by atoms with van der Waals surface area (Å²) in [7, 11) is 2.16. The van der Waals surface area contributed by atoms with Crippen molar-refractivity contribution in [1.29, 1.82) is 0 Å². The lowest BCUT2D eigenvalue weighted by Gasteiger charge is -2.32. The molecule has 20 heavy (non-hydrogen) atoms. The van der Waals surface area contributed by atoms with Crippen LogP contribution < -0.4 is 5.73 Å². The van der Waals surface area contributed by atoms with Crippen molar-refractivity contribution in [3.63, 3.8) is 0 Å². The number of fused-ring (bicyclic) bond motifs is 1. The molecular formula is C16H23N3S. The van der Waals surface area contributed by atoms with Gasteiger partial charge in [0.15, 0.2) is 0 Å². The van der Waals surface area contributed by atoms with Crippen molar-refractivity contribution in [2.24, 2.45) is 5.73 Å². The van der Waals surface area contributed by atoms with E-state index >= 15 is 0 Å². The van der Waals surface area contributed by atoms with Gasteiger partial charge in [0.25, 0.3) is 0 Å². The number of aromatic nitrogens is 1. The van der Waals surface area contributed by atoms with E-state index in [1.807, 2.05) is 24.0 Å². The molecule has 2 unspecified atom stereocenters. The zero-order valence-electron chi connectivity index (χ0n) is 12.4. The Morgan fingerprint density at radius 2 is 2.15 bits per heavy atom. The highest BCUT2D eigenvalue weighted by Crippen LogP contribution is 2.24. The lowest BCUT2D eigenvalue weighted by Crippen LogP contribution is -2.38. The molecule has 0 radical (unpaired) electrons. The molecule has 2 aromatic rings. The van der Waals surface area contributed by atoms with Gasteiger partial charge in [0.2, 0.25) is 0 Å². The first-order chi connectivity index (χ1) is 9.67. The van der Waals surface area contributed by atoms with Gasteiger partial charge in [-0.2, -0.15) is 11.8 Å². The van der Waals surface area contributed by atoms with E-state index in [0.29, 0.717) is 12.6 Å². The van der Waals surface area contributed by atoms with Crippen LogP contribution in [0.2, 0.25) is 0 Å². The summed E-state index contributed by atoms with van der Waals surface area (Å²) < 4.78 is 0. The molecule has 1 aromatic carbocycles. The predicted octanol–water partition coefficient (Wildman–Crippen LogP) is 2.92. The average molecular weight is 289 g/mol. The Labute approximate surface area is 125 Å². The van der Waals surface area contributed by atoms with Gasteiger partial charge < -0.3 is 5.73 Å². The number of nitrogens with zero attached hydrogens (tertiary/aromatic N) is 2. The van der Waals surface area contributed by atoms with Crippen LogP contribution in [0.15, 0.2) is 36.5 Å². The third-order valence-electron chi connectivity index (χ3n) is 3.83. The summed E-state index contributed by atoms with van der Waals surface area (Å²) in [5.74, 6) is 1.11. The summed E-state index contributed by atoms with van der Waals surface area (Å²) in [6.45, 7) is 2.88. The van der Waals surface area contributed by atoms with Crippen LogP contribution >= 0.6 is 11.8 Å². The van der Waals surface area contributed by atoms with E-state index in [-0.39, 0.29) is 6.04 Å². The minimum atomic E-state index is 0.252. The fourth-order valence-electron chi connectivity index (χ4n) is 2.50. The fraction of sp³-hybridized carbons (Fsp3) is 0.438. The fourth-order valence-corrected chi connectivity index (χ4v) is 3.22. The third-order valence-corrected chi connectivity index (χ3v) is 4.65. The standard InChI is InChI=1S/C16H23N3S/c1-12(11-20-3)19(2)16(10-17)14-6-7-15-13(9-14)5-4-8-18-15/h4-9,12,16H,10-11,17H2,1-3H3. The molecule has 1 heterocycles. The Kier molecular flexibility index (Phi) is 5.40. The van der Waals surface area contributed by atoms with Crippen LogP contribution in [-0.2, 0) is 0 Å². The third kappa shape index (κ3) is 3.32. The summed E-state index contributed by atoms with van der Waals surface area (Å²) in [4.78, 5) is 6.74. The van der Waals surface area contributed by atoms with Crippen LogP contribution in [0, 0.1) is 0 Å². The number of thioether (sulfide) groups is 1. The minimum absolute atomic E-state index is 0.252. The van der Waals surface area contributed by atoms with Gasteiger partial charge in [0.1, 0.15) is 0 Å². The van der Waals surface area contributed by atoms with E-state index in [9.17, 15) is 0 Å². The zero-order chi connectivity index (χ0) is 14.5. The van der Waals surface area contributed by atoms with Crippen LogP contribution in [0.4, 0.5) is 0 Å². The molecule has 1 aromatic heterocycles. The highest BCUT2D eigenvalue weighted by atomic mass is 32.2. The van der Waals surface area contributed by atoms with Crippen molar-refractivity contribution in [3.8, 4) is 0 Å². The maximum absolute atomic E-state index is 6.02. The van der Waals surface area contributed by atoms with Crippen LogP contribution in [0.3, 0.4) is 0 Å². The molecule has 2 rings (SSSR count). The molecule has 0 aliphatic carbocycles. The van der Waals surface area contributed by atoms with Gasteiger partial charge in [0, 0.05) is 36.0 Å². The van der Waals surface area contributed by atoms with Crippen LogP contribution in [-0.4, -0.2) is 41.5 Å². The van der Waals surface area contributed by atoms with Gasteiger partial charge in [0.05, 0.1) is 5.52 Å². The van der Waals surface area contributed by atoms with Gasteiger partial charge in [-0.05, 0) is 44.0 Å². The molecule has 0 fully saturated rings. The van der Waals surface area contributed by atoms with Gasteiger partial charge in [-0.25, -0.2) is 0 Å². The quantitative estimate of drug-likeness (QED) is 0.888. The molecule has 3 nitrogen and oxygen atoms in total. The van der Waals surface area contributed by atoms with Crippen molar-refractivity contribution >= 4 is 22.7 Å². The Hall–Kier alpha value is -1.10. The first kappa shape index (κ1) is 15.3. The normalized spacial score (nSPS) is 14.7. The van der Waals surface area contributed by atoms with Crippen molar-refractivity contribution in [2.45, 2.75) is 19.0 Å². The second-order valence-corrected chi connectivity index (χ2v) is 6.09. The second kappa shape index (κ2) is 7.07. The van der Waals surface area contributed by atoms with Crippen LogP contribution in [0.25, 0.3) is 10.9 Å². The molecule has 4 heteroatoms. The SMILES string of the molecule is CSCC(C)N(C)C(CN)c1ccc2ncccc2c1. The lowest BCUT2D eigenvalue weighted by atomic mass is 10.0. The Bertz CT molecular complexity index is 558. The summed E-state index contributed by atoms with van der Waals surface area (Å²) >= 11 is 1.87. The average Bonchev–Trinajstić information content (AvgIpc) is 2.48. The van der Waals surface area contributed by atoms with E-state index in [1.165, 1.54) is 10.9 Å². The molecule has 0 saturated heterocycles. The van der Waals surface area contributed by atoms with E-state index in [1.54, 1.807) is 0 Å². The first-order valence-corrected chi connectivity index (χ1v) is 8.32. The van der Waals surface area contributed by atoms with Crippen molar-refractivity contribution < 1.29 is 0 Å². The lowest BCUT2D eigenvalue weighted by molar-refractivity contribution is 0.204. The topological polar surface area (TPSA) is 42.1 Å². The van der Waals surface area contributed by atoms with E-state index in [4.69, 9.17) is 5.73 Å². The monoisotopic (exact) mass is 289 g/mol. The highest BCUT2D eigenvalue weighted by molar-refractivity contribution is 7.98. The number of rotatable bonds is 6. The maximum atomic E-state index is 6.02. The van der Waals surface area contributed by atoms with Crippen LogP contribution in [0.5, 0.6) is 0 Å². The van der Waals surface area contributed by atoms with Gasteiger partial charge in [-0.3, -0.25) is 9.88 Å². The minimum Gasteiger partial charge on any atom is -0.329 e. The van der Waals surface area contributed by atoms with E-state index in [2.05, 4.69) is 54.4 Å². The number of benzene rings is 1. The Morgan fingerprint density at radius 3 is 2.85 bits per heavy atom. The molecule has 0 saturated carbocycles. The van der Waals surface area contributed by atoms with Crippen molar-refractivity contribution in [3.05, 3.63) is 42.1 Å².